The van der Waals surface area contributed by atoms with Gasteiger partial charge in [0.05, 0.1) is 11.0 Å². The number of nitrogens with zero attached hydrogens (tertiary/aromatic N) is 2. The Balaban J connectivity index is 1.99. The molecule has 0 saturated heterocycles. The number of para-hydroxylation sites is 3. The topological polar surface area (TPSA) is 27.1 Å². The number of allylic oxidation sites excluding steroid dienone is 1. The highest BCUT2D eigenvalue weighted by Crippen LogP contribution is 2.25. The predicted octanol–water partition coefficient (Wildman–Crippen LogP) is 4.75. The highest BCUT2D eigenvalue weighted by molar-refractivity contribution is 5.76. The minimum absolute atomic E-state index is 0.130. The number of rotatable bonds is 5. The maximum Gasteiger partial charge on any atom is 0.153 e. The van der Waals surface area contributed by atoms with Crippen LogP contribution in [-0.2, 0) is 6.54 Å². The zero-order chi connectivity index (χ0) is 15.5. The van der Waals surface area contributed by atoms with E-state index in [4.69, 9.17) is 9.72 Å². The van der Waals surface area contributed by atoms with Gasteiger partial charge in [0.2, 0.25) is 0 Å². The molecule has 0 spiro atoms. The van der Waals surface area contributed by atoms with E-state index in [0.29, 0.717) is 0 Å². The van der Waals surface area contributed by atoms with Crippen molar-refractivity contribution in [1.82, 2.24) is 9.55 Å². The Morgan fingerprint density at radius 3 is 2.55 bits per heavy atom. The SMILES string of the molecule is C=C(C)Cn1c(C(C)Oc2ccccc2)nc2ccccc21. The van der Waals surface area contributed by atoms with Gasteiger partial charge in [0.15, 0.2) is 11.9 Å². The van der Waals surface area contributed by atoms with Gasteiger partial charge in [-0.3, -0.25) is 0 Å². The average Bonchev–Trinajstić information content (AvgIpc) is 2.87. The van der Waals surface area contributed by atoms with E-state index in [0.717, 1.165) is 34.7 Å². The lowest BCUT2D eigenvalue weighted by Gasteiger charge is -2.16. The van der Waals surface area contributed by atoms with Crippen LogP contribution in [-0.4, -0.2) is 9.55 Å². The lowest BCUT2D eigenvalue weighted by atomic mass is 10.3. The molecule has 1 aromatic heterocycles. The van der Waals surface area contributed by atoms with Crippen molar-refractivity contribution in [3.8, 4) is 5.75 Å². The number of hydrogen-bond donors (Lipinski definition) is 0. The van der Waals surface area contributed by atoms with Gasteiger partial charge >= 0.3 is 0 Å². The largest absolute Gasteiger partial charge is 0.483 e. The maximum atomic E-state index is 6.04. The van der Waals surface area contributed by atoms with E-state index in [9.17, 15) is 0 Å². The van der Waals surface area contributed by atoms with Crippen LogP contribution in [0.2, 0.25) is 0 Å². The van der Waals surface area contributed by atoms with E-state index < -0.39 is 0 Å². The molecule has 0 fully saturated rings. The van der Waals surface area contributed by atoms with Crippen molar-refractivity contribution >= 4 is 11.0 Å². The van der Waals surface area contributed by atoms with Gasteiger partial charge in [0.25, 0.3) is 0 Å². The van der Waals surface area contributed by atoms with Crippen molar-refractivity contribution in [2.24, 2.45) is 0 Å². The van der Waals surface area contributed by atoms with Crippen molar-refractivity contribution in [2.75, 3.05) is 0 Å². The Morgan fingerprint density at radius 1 is 1.14 bits per heavy atom. The fraction of sp³-hybridized carbons (Fsp3) is 0.211. The molecule has 0 amide bonds. The highest BCUT2D eigenvalue weighted by atomic mass is 16.5. The van der Waals surface area contributed by atoms with Crippen LogP contribution in [0.1, 0.15) is 25.8 Å². The molecule has 1 unspecified atom stereocenters. The first kappa shape index (κ1) is 14.4. The summed E-state index contributed by atoms with van der Waals surface area (Å²) in [4.78, 5) is 4.76. The summed E-state index contributed by atoms with van der Waals surface area (Å²) in [6.45, 7) is 8.84. The van der Waals surface area contributed by atoms with E-state index in [1.54, 1.807) is 0 Å². The third-order valence-corrected chi connectivity index (χ3v) is 3.53. The van der Waals surface area contributed by atoms with Crippen molar-refractivity contribution < 1.29 is 4.74 Å². The van der Waals surface area contributed by atoms with Gasteiger partial charge < -0.3 is 9.30 Å². The van der Waals surface area contributed by atoms with Crippen LogP contribution in [0.3, 0.4) is 0 Å². The number of fused-ring (bicyclic) bond motifs is 1. The molecule has 0 aliphatic heterocycles. The van der Waals surface area contributed by atoms with Gasteiger partial charge in [0.1, 0.15) is 5.75 Å². The van der Waals surface area contributed by atoms with E-state index in [2.05, 4.69) is 17.2 Å². The van der Waals surface area contributed by atoms with Crippen molar-refractivity contribution in [3.63, 3.8) is 0 Å². The average molecular weight is 292 g/mol. The van der Waals surface area contributed by atoms with Crippen LogP contribution in [0.5, 0.6) is 5.75 Å². The molecule has 3 nitrogen and oxygen atoms in total. The summed E-state index contributed by atoms with van der Waals surface area (Å²) in [6, 6.07) is 18.0. The normalized spacial score (nSPS) is 12.3. The molecule has 0 saturated carbocycles. The Morgan fingerprint density at radius 2 is 1.82 bits per heavy atom. The first-order valence-corrected chi connectivity index (χ1v) is 7.46. The van der Waals surface area contributed by atoms with Crippen molar-refractivity contribution in [1.29, 1.82) is 0 Å². The Kier molecular flexibility index (Phi) is 3.96. The van der Waals surface area contributed by atoms with E-state index in [1.807, 2.05) is 62.4 Å². The van der Waals surface area contributed by atoms with Gasteiger partial charge in [-0.1, -0.05) is 42.5 Å². The molecular weight excluding hydrogens is 272 g/mol. The monoisotopic (exact) mass is 292 g/mol. The van der Waals surface area contributed by atoms with E-state index >= 15 is 0 Å². The molecule has 3 aromatic rings. The molecule has 1 atom stereocenters. The molecule has 0 bridgehead atoms. The third kappa shape index (κ3) is 2.89. The summed E-state index contributed by atoms with van der Waals surface area (Å²) in [5, 5.41) is 0. The number of benzene rings is 2. The molecule has 2 aromatic carbocycles. The summed E-state index contributed by atoms with van der Waals surface area (Å²) >= 11 is 0. The number of ether oxygens (including phenoxy) is 1. The fourth-order valence-corrected chi connectivity index (χ4v) is 2.60. The summed E-state index contributed by atoms with van der Waals surface area (Å²) in [6.07, 6.45) is -0.130. The van der Waals surface area contributed by atoms with Crippen LogP contribution < -0.4 is 4.74 Å². The van der Waals surface area contributed by atoms with Crippen LogP contribution in [0.15, 0.2) is 66.7 Å². The Hall–Kier alpha value is -2.55. The molecule has 0 aliphatic rings. The quantitative estimate of drug-likeness (QED) is 0.634. The first-order chi connectivity index (χ1) is 10.6. The lowest BCUT2D eigenvalue weighted by molar-refractivity contribution is 0.212. The number of hydrogen-bond acceptors (Lipinski definition) is 2. The van der Waals surface area contributed by atoms with Gasteiger partial charge in [-0.05, 0) is 38.1 Å². The summed E-state index contributed by atoms with van der Waals surface area (Å²) < 4.78 is 8.22. The molecule has 0 N–H and O–H groups in total. The molecule has 0 radical (unpaired) electrons. The van der Waals surface area contributed by atoms with Crippen molar-refractivity contribution in [2.45, 2.75) is 26.5 Å². The van der Waals surface area contributed by atoms with Crippen molar-refractivity contribution in [3.05, 3.63) is 72.6 Å². The summed E-state index contributed by atoms with van der Waals surface area (Å²) in [5.41, 5.74) is 3.20. The van der Waals surface area contributed by atoms with E-state index in [-0.39, 0.29) is 6.10 Å². The Bertz CT molecular complexity index is 790. The first-order valence-electron chi connectivity index (χ1n) is 7.46. The predicted molar refractivity (Wildman–Crippen MR) is 90.0 cm³/mol. The number of imidazole rings is 1. The highest BCUT2D eigenvalue weighted by Gasteiger charge is 2.17. The fourth-order valence-electron chi connectivity index (χ4n) is 2.60. The zero-order valence-corrected chi connectivity index (χ0v) is 13.0. The lowest BCUT2D eigenvalue weighted by Crippen LogP contribution is -2.12. The minimum atomic E-state index is -0.130. The minimum Gasteiger partial charge on any atom is -0.483 e. The smallest absolute Gasteiger partial charge is 0.153 e. The second kappa shape index (κ2) is 6.06. The molecule has 3 rings (SSSR count). The second-order valence-electron chi connectivity index (χ2n) is 5.58. The van der Waals surface area contributed by atoms with Crippen LogP contribution in [0, 0.1) is 0 Å². The van der Waals surface area contributed by atoms with Crippen LogP contribution in [0.25, 0.3) is 11.0 Å². The summed E-state index contributed by atoms with van der Waals surface area (Å²) in [7, 11) is 0. The maximum absolute atomic E-state index is 6.04. The third-order valence-electron chi connectivity index (χ3n) is 3.53. The van der Waals surface area contributed by atoms with Gasteiger partial charge in [-0.2, -0.15) is 0 Å². The molecule has 112 valence electrons. The number of aromatic nitrogens is 2. The molecule has 22 heavy (non-hydrogen) atoms. The molecule has 3 heteroatoms. The van der Waals surface area contributed by atoms with Crippen LogP contribution >= 0.6 is 0 Å². The standard InChI is InChI=1S/C19H20N2O/c1-14(2)13-21-18-12-8-7-11-17(18)20-19(21)15(3)22-16-9-5-4-6-10-16/h4-12,15H,1,13H2,2-3H3. The molecular formula is C19H20N2O. The van der Waals surface area contributed by atoms with Gasteiger partial charge in [0, 0.05) is 6.54 Å². The summed E-state index contributed by atoms with van der Waals surface area (Å²) in [5.74, 6) is 1.77. The van der Waals surface area contributed by atoms with Crippen LogP contribution in [0.4, 0.5) is 0 Å². The molecule has 0 aliphatic carbocycles. The Labute approximate surface area is 130 Å². The van der Waals surface area contributed by atoms with E-state index in [1.165, 1.54) is 0 Å². The van der Waals surface area contributed by atoms with Gasteiger partial charge in [-0.15, -0.1) is 0 Å². The molecule has 1 heterocycles. The van der Waals surface area contributed by atoms with Gasteiger partial charge in [-0.25, -0.2) is 4.98 Å². The second-order valence-corrected chi connectivity index (χ2v) is 5.58. The zero-order valence-electron chi connectivity index (χ0n) is 13.0.